The maximum atomic E-state index is 11.6. The summed E-state index contributed by atoms with van der Waals surface area (Å²) in [6, 6.07) is 6.95. The minimum absolute atomic E-state index is 0.00840. The molecule has 182 valence electrons. The molecule has 10 nitrogen and oxygen atoms in total. The Balaban J connectivity index is 2.09. The molecule has 0 bridgehead atoms. The van der Waals surface area contributed by atoms with Crippen molar-refractivity contribution in [3.8, 4) is 11.5 Å². The number of ether oxygens (including phenoxy) is 2. The van der Waals surface area contributed by atoms with E-state index in [0.717, 1.165) is 24.3 Å². The first kappa shape index (κ1) is 25.0. The molecule has 0 saturated heterocycles. The summed E-state index contributed by atoms with van der Waals surface area (Å²) in [5.74, 6) is -7.69. The van der Waals surface area contributed by atoms with E-state index in [1.54, 1.807) is 18.2 Å². The first-order valence-corrected chi connectivity index (χ1v) is 10.5. The Labute approximate surface area is 199 Å². The molecule has 0 heterocycles. The molecule has 0 aromatic heterocycles. The predicted molar refractivity (Wildman–Crippen MR) is 121 cm³/mol. The average molecular weight is 482 g/mol. The van der Waals surface area contributed by atoms with E-state index in [0.29, 0.717) is 12.8 Å². The molecule has 0 aliphatic heterocycles. The Morgan fingerprint density at radius 1 is 0.743 bits per heavy atom. The van der Waals surface area contributed by atoms with Crippen molar-refractivity contribution in [1.29, 1.82) is 0 Å². The van der Waals surface area contributed by atoms with Crippen LogP contribution in [0.25, 0.3) is 0 Å². The van der Waals surface area contributed by atoms with E-state index in [9.17, 15) is 39.6 Å². The number of carboxylic acids is 4. The molecule has 2 aromatic carbocycles. The number of benzene rings is 2. The summed E-state index contributed by atoms with van der Waals surface area (Å²) in [6.45, 7) is 1.94. The highest BCUT2D eigenvalue weighted by Crippen LogP contribution is 2.37. The van der Waals surface area contributed by atoms with E-state index in [1.807, 2.05) is 13.0 Å². The van der Waals surface area contributed by atoms with Crippen molar-refractivity contribution in [1.82, 2.24) is 0 Å². The zero-order valence-electron chi connectivity index (χ0n) is 18.5. The lowest BCUT2D eigenvalue weighted by molar-refractivity contribution is -0.105. The second kappa shape index (κ2) is 10.1. The van der Waals surface area contributed by atoms with Crippen molar-refractivity contribution in [2.75, 3.05) is 0 Å². The minimum Gasteiger partial charge on any atom is -0.478 e. The van der Waals surface area contributed by atoms with Crippen LogP contribution in [0.1, 0.15) is 61.2 Å². The van der Waals surface area contributed by atoms with E-state index in [1.165, 1.54) is 12.1 Å². The van der Waals surface area contributed by atoms with Gasteiger partial charge in [-0.05, 0) is 42.8 Å². The van der Waals surface area contributed by atoms with Crippen LogP contribution in [0.15, 0.2) is 60.7 Å². The van der Waals surface area contributed by atoms with Crippen molar-refractivity contribution in [2.24, 2.45) is 5.92 Å². The number of rotatable bonds is 10. The molecule has 0 radical (unpaired) electrons. The smallest absolute Gasteiger partial charge is 0.336 e. The third-order valence-corrected chi connectivity index (χ3v) is 5.36. The second-order valence-electron chi connectivity index (χ2n) is 7.70. The highest BCUT2D eigenvalue weighted by molar-refractivity contribution is 6.02. The highest BCUT2D eigenvalue weighted by atomic mass is 16.7. The lowest BCUT2D eigenvalue weighted by atomic mass is 9.89. The third-order valence-electron chi connectivity index (χ3n) is 5.36. The Kier molecular flexibility index (Phi) is 7.24. The zero-order valence-corrected chi connectivity index (χ0v) is 18.5. The van der Waals surface area contributed by atoms with Gasteiger partial charge >= 0.3 is 23.9 Å². The van der Waals surface area contributed by atoms with Gasteiger partial charge < -0.3 is 29.9 Å². The highest BCUT2D eigenvalue weighted by Gasteiger charge is 2.41. The van der Waals surface area contributed by atoms with Crippen molar-refractivity contribution in [3.05, 3.63) is 83.0 Å². The number of hydrogen-bond donors (Lipinski definition) is 4. The van der Waals surface area contributed by atoms with E-state index in [4.69, 9.17) is 9.47 Å². The molecule has 0 saturated carbocycles. The van der Waals surface area contributed by atoms with Crippen molar-refractivity contribution >= 4 is 23.9 Å². The Hall–Kier alpha value is -4.60. The first-order valence-electron chi connectivity index (χ1n) is 10.5. The summed E-state index contributed by atoms with van der Waals surface area (Å²) in [4.78, 5) is 46.0. The number of carboxylic acid groups (broad SMARTS) is 4. The molecule has 1 aliphatic carbocycles. The molecule has 35 heavy (non-hydrogen) atoms. The number of allylic oxidation sites excluding steroid dienone is 2. The lowest BCUT2D eigenvalue weighted by Crippen LogP contribution is -2.48. The molecule has 0 spiro atoms. The van der Waals surface area contributed by atoms with Gasteiger partial charge in [0, 0.05) is 6.08 Å². The molecule has 2 aromatic rings. The van der Waals surface area contributed by atoms with Crippen LogP contribution in [-0.4, -0.2) is 50.1 Å². The molecule has 3 rings (SSSR count). The topological polar surface area (TPSA) is 168 Å². The summed E-state index contributed by atoms with van der Waals surface area (Å²) in [5, 5.41) is 37.5. The van der Waals surface area contributed by atoms with Gasteiger partial charge in [0.05, 0.1) is 28.2 Å². The standard InChI is InChI=1S/C25H22O10/c1-2-5-14-6-3-4-11-25(14,34-15-7-9-17(21(26)27)19(12-15)23(30)31)35-16-8-10-18(22(28)29)20(13-16)24(32)33/h3-4,6-14H,2,5H2,1H3,(H,26,27)(H,28,29)(H,30,31)(H,32,33). The van der Waals surface area contributed by atoms with Crippen LogP contribution in [-0.2, 0) is 0 Å². The second-order valence-corrected chi connectivity index (χ2v) is 7.70. The summed E-state index contributed by atoms with van der Waals surface area (Å²) < 4.78 is 12.3. The van der Waals surface area contributed by atoms with Crippen LogP contribution in [0.3, 0.4) is 0 Å². The minimum atomic E-state index is -1.56. The maximum Gasteiger partial charge on any atom is 0.336 e. The normalized spacial score (nSPS) is 15.9. The third kappa shape index (κ3) is 5.32. The molecule has 0 amide bonds. The van der Waals surface area contributed by atoms with E-state index >= 15 is 0 Å². The maximum absolute atomic E-state index is 11.6. The molecule has 10 heteroatoms. The molecule has 4 N–H and O–H groups in total. The zero-order chi connectivity index (χ0) is 25.8. The largest absolute Gasteiger partial charge is 0.478 e. The van der Waals surface area contributed by atoms with Crippen LogP contribution in [0.5, 0.6) is 11.5 Å². The van der Waals surface area contributed by atoms with Gasteiger partial charge in [-0.25, -0.2) is 19.2 Å². The lowest BCUT2D eigenvalue weighted by Gasteiger charge is -2.38. The SMILES string of the molecule is CCCC1C=CC=CC1(Oc1ccc(C(=O)O)c(C(=O)O)c1)Oc1ccc(C(=O)O)c(C(=O)O)c1. The fraction of sp³-hybridized carbons (Fsp3) is 0.200. The average Bonchev–Trinajstić information content (AvgIpc) is 2.80. The van der Waals surface area contributed by atoms with E-state index in [-0.39, 0.29) is 11.5 Å². The quantitative estimate of drug-likeness (QED) is 0.361. The number of hydrogen-bond acceptors (Lipinski definition) is 6. The van der Waals surface area contributed by atoms with E-state index < -0.39 is 57.8 Å². The molecular weight excluding hydrogens is 460 g/mol. The Morgan fingerprint density at radius 3 is 1.60 bits per heavy atom. The molecule has 1 unspecified atom stereocenters. The van der Waals surface area contributed by atoms with Gasteiger partial charge in [-0.3, -0.25) is 0 Å². The van der Waals surface area contributed by atoms with Gasteiger partial charge in [0.15, 0.2) is 0 Å². The van der Waals surface area contributed by atoms with Gasteiger partial charge in [0.2, 0.25) is 0 Å². The summed E-state index contributed by atoms with van der Waals surface area (Å²) in [6.07, 6.45) is 8.09. The van der Waals surface area contributed by atoms with Gasteiger partial charge in [-0.1, -0.05) is 31.6 Å². The first-order chi connectivity index (χ1) is 16.6. The fourth-order valence-electron chi connectivity index (χ4n) is 3.76. The van der Waals surface area contributed by atoms with Crippen molar-refractivity contribution < 1.29 is 49.1 Å². The molecule has 1 atom stereocenters. The molecule has 0 fully saturated rings. The Morgan fingerprint density at radius 2 is 1.20 bits per heavy atom. The summed E-state index contributed by atoms with van der Waals surface area (Å²) >= 11 is 0. The van der Waals surface area contributed by atoms with Gasteiger partial charge in [0.25, 0.3) is 5.79 Å². The Bertz CT molecular complexity index is 1160. The number of carbonyl (C=O) groups is 4. The van der Waals surface area contributed by atoms with Crippen molar-refractivity contribution in [2.45, 2.75) is 25.6 Å². The van der Waals surface area contributed by atoms with Crippen LogP contribution in [0, 0.1) is 5.92 Å². The van der Waals surface area contributed by atoms with Gasteiger partial charge in [-0.2, -0.15) is 0 Å². The summed E-state index contributed by atoms with van der Waals surface area (Å²) in [5.41, 5.74) is -1.79. The predicted octanol–water partition coefficient (Wildman–Crippen LogP) is 4.18. The molecule has 1 aliphatic rings. The van der Waals surface area contributed by atoms with E-state index in [2.05, 4.69) is 0 Å². The van der Waals surface area contributed by atoms with Crippen LogP contribution >= 0.6 is 0 Å². The fourth-order valence-corrected chi connectivity index (χ4v) is 3.76. The van der Waals surface area contributed by atoms with Crippen LogP contribution in [0.2, 0.25) is 0 Å². The van der Waals surface area contributed by atoms with Gasteiger partial charge in [-0.15, -0.1) is 0 Å². The monoisotopic (exact) mass is 482 g/mol. The van der Waals surface area contributed by atoms with Crippen molar-refractivity contribution in [3.63, 3.8) is 0 Å². The van der Waals surface area contributed by atoms with Gasteiger partial charge in [0.1, 0.15) is 11.5 Å². The van der Waals surface area contributed by atoms with Crippen LogP contribution in [0.4, 0.5) is 0 Å². The van der Waals surface area contributed by atoms with Crippen LogP contribution < -0.4 is 9.47 Å². The molecular formula is C25H22O10. The number of aromatic carboxylic acids is 4. The summed E-state index contributed by atoms with van der Waals surface area (Å²) in [7, 11) is 0.